The summed E-state index contributed by atoms with van der Waals surface area (Å²) in [5.74, 6) is -0.408. The topological polar surface area (TPSA) is 61.8 Å². The standard InChI is InChI=1S/C57H102O5/c1-4-7-10-13-16-19-22-25-27-29-31-33-35-38-41-44-47-50-56(58)61-54-55(53-60-52-49-46-43-40-37-24-21-18-15-12-9-6-3)62-57(59)51-48-45-42-39-36-34-32-30-28-26-23-20-17-14-11-8-5-2/h7,10,16-17,19-20,25-28,55H,4-6,8-9,11-15,18,21-24,29-54H2,1-3H3/b10-7-,19-16-,20-17-,27-25-,28-26-. The van der Waals surface area contributed by atoms with Gasteiger partial charge in [0, 0.05) is 19.4 Å². The van der Waals surface area contributed by atoms with E-state index in [0.29, 0.717) is 19.4 Å². The van der Waals surface area contributed by atoms with Crippen LogP contribution in [0.15, 0.2) is 60.8 Å². The third-order valence-electron chi connectivity index (χ3n) is 11.5. The normalized spacial score (nSPS) is 12.6. The molecule has 0 saturated carbocycles. The van der Waals surface area contributed by atoms with Crippen LogP contribution in [0.2, 0.25) is 0 Å². The molecule has 0 rings (SSSR count). The molecule has 0 aliphatic heterocycles. The maximum Gasteiger partial charge on any atom is 0.306 e. The van der Waals surface area contributed by atoms with E-state index in [1.165, 1.54) is 148 Å². The minimum atomic E-state index is -0.543. The second-order valence-electron chi connectivity index (χ2n) is 17.8. The molecule has 0 bridgehead atoms. The number of esters is 2. The van der Waals surface area contributed by atoms with Gasteiger partial charge in [-0.15, -0.1) is 0 Å². The van der Waals surface area contributed by atoms with Crippen LogP contribution in [0.4, 0.5) is 0 Å². The first kappa shape index (κ1) is 59.6. The molecule has 1 unspecified atom stereocenters. The third-order valence-corrected chi connectivity index (χ3v) is 11.5. The van der Waals surface area contributed by atoms with Crippen molar-refractivity contribution in [1.82, 2.24) is 0 Å². The van der Waals surface area contributed by atoms with Crippen LogP contribution in [0.5, 0.6) is 0 Å². The van der Waals surface area contributed by atoms with E-state index < -0.39 is 6.10 Å². The van der Waals surface area contributed by atoms with Gasteiger partial charge in [-0.2, -0.15) is 0 Å². The number of allylic oxidation sites excluding steroid dienone is 10. The number of ether oxygens (including phenoxy) is 3. The van der Waals surface area contributed by atoms with E-state index in [9.17, 15) is 9.59 Å². The maximum absolute atomic E-state index is 12.8. The minimum absolute atomic E-state index is 0.0784. The second-order valence-corrected chi connectivity index (χ2v) is 17.8. The second kappa shape index (κ2) is 52.9. The van der Waals surface area contributed by atoms with Gasteiger partial charge in [0.25, 0.3) is 0 Å². The molecule has 360 valence electrons. The smallest absolute Gasteiger partial charge is 0.306 e. The van der Waals surface area contributed by atoms with Crippen molar-refractivity contribution in [3.63, 3.8) is 0 Å². The van der Waals surface area contributed by atoms with Gasteiger partial charge in [0.15, 0.2) is 6.10 Å². The van der Waals surface area contributed by atoms with Gasteiger partial charge in [-0.3, -0.25) is 9.59 Å². The van der Waals surface area contributed by atoms with E-state index in [1.54, 1.807) is 0 Å². The molecular weight excluding hydrogens is 765 g/mol. The van der Waals surface area contributed by atoms with Gasteiger partial charge in [-0.1, -0.05) is 229 Å². The van der Waals surface area contributed by atoms with Crippen molar-refractivity contribution >= 4 is 11.9 Å². The summed E-state index contributed by atoms with van der Waals surface area (Å²) < 4.78 is 17.4. The Morgan fingerprint density at radius 2 is 0.726 bits per heavy atom. The first-order chi connectivity index (χ1) is 30.6. The number of unbranched alkanes of at least 4 members (excludes halogenated alkanes) is 28. The fraction of sp³-hybridized carbons (Fsp3) is 0.789. The van der Waals surface area contributed by atoms with Gasteiger partial charge in [-0.25, -0.2) is 0 Å². The molecule has 0 aromatic heterocycles. The minimum Gasteiger partial charge on any atom is -0.462 e. The molecule has 1 atom stereocenters. The lowest BCUT2D eigenvalue weighted by Gasteiger charge is -2.18. The lowest BCUT2D eigenvalue weighted by atomic mass is 10.1. The van der Waals surface area contributed by atoms with Gasteiger partial charge < -0.3 is 14.2 Å². The van der Waals surface area contributed by atoms with Crippen molar-refractivity contribution < 1.29 is 23.8 Å². The van der Waals surface area contributed by atoms with Crippen molar-refractivity contribution in [1.29, 1.82) is 0 Å². The summed E-state index contributed by atoms with van der Waals surface area (Å²) in [6.07, 6.45) is 66.5. The van der Waals surface area contributed by atoms with E-state index in [1.807, 2.05) is 0 Å². The zero-order valence-electron chi connectivity index (χ0n) is 41.4. The zero-order chi connectivity index (χ0) is 44.9. The van der Waals surface area contributed by atoms with Crippen LogP contribution >= 0.6 is 0 Å². The average molecular weight is 867 g/mol. The van der Waals surface area contributed by atoms with Crippen LogP contribution in [-0.4, -0.2) is 37.9 Å². The maximum atomic E-state index is 12.8. The Bertz CT molecular complexity index is 1070. The van der Waals surface area contributed by atoms with Crippen molar-refractivity contribution in [2.45, 2.75) is 271 Å². The molecule has 0 aromatic rings. The fourth-order valence-corrected chi connectivity index (χ4v) is 7.56. The average Bonchev–Trinajstić information content (AvgIpc) is 3.27. The number of hydrogen-bond acceptors (Lipinski definition) is 5. The SMILES string of the molecule is CC/C=C\C/C=C\C/C=C\CCCCCCCCCC(=O)OCC(COCCCCCCCCCCCCCC)OC(=O)CCCCCCCCC/C=C\C/C=C\CCCCC. The summed E-state index contributed by atoms with van der Waals surface area (Å²) in [7, 11) is 0. The summed E-state index contributed by atoms with van der Waals surface area (Å²) in [5, 5.41) is 0. The lowest BCUT2D eigenvalue weighted by Crippen LogP contribution is -2.30. The summed E-state index contributed by atoms with van der Waals surface area (Å²) in [6, 6.07) is 0. The summed E-state index contributed by atoms with van der Waals surface area (Å²) in [6.45, 7) is 7.71. The van der Waals surface area contributed by atoms with E-state index in [4.69, 9.17) is 14.2 Å². The van der Waals surface area contributed by atoms with Crippen LogP contribution in [0.25, 0.3) is 0 Å². The van der Waals surface area contributed by atoms with Crippen molar-refractivity contribution in [3.05, 3.63) is 60.8 Å². The molecule has 0 heterocycles. The Morgan fingerprint density at radius 3 is 1.19 bits per heavy atom. The molecule has 0 aromatic carbocycles. The van der Waals surface area contributed by atoms with Crippen LogP contribution < -0.4 is 0 Å². The van der Waals surface area contributed by atoms with Crippen molar-refractivity contribution in [2.75, 3.05) is 19.8 Å². The number of hydrogen-bond donors (Lipinski definition) is 0. The monoisotopic (exact) mass is 867 g/mol. The molecule has 62 heavy (non-hydrogen) atoms. The molecule has 0 spiro atoms. The highest BCUT2D eigenvalue weighted by molar-refractivity contribution is 5.70. The highest BCUT2D eigenvalue weighted by Gasteiger charge is 2.17. The fourth-order valence-electron chi connectivity index (χ4n) is 7.56. The van der Waals surface area contributed by atoms with Gasteiger partial charge in [0.05, 0.1) is 6.61 Å². The Balaban J connectivity index is 4.26. The van der Waals surface area contributed by atoms with Crippen molar-refractivity contribution in [3.8, 4) is 0 Å². The molecule has 0 saturated heterocycles. The van der Waals surface area contributed by atoms with Gasteiger partial charge >= 0.3 is 11.9 Å². The van der Waals surface area contributed by atoms with Crippen molar-refractivity contribution in [2.24, 2.45) is 0 Å². The molecule has 0 radical (unpaired) electrons. The number of carbonyl (C=O) groups excluding carboxylic acids is 2. The summed E-state index contributed by atoms with van der Waals surface area (Å²) in [4.78, 5) is 25.4. The zero-order valence-corrected chi connectivity index (χ0v) is 41.4. The van der Waals surface area contributed by atoms with E-state index in [0.717, 1.165) is 83.5 Å². The molecule has 0 N–H and O–H groups in total. The molecular formula is C57H102O5. The highest BCUT2D eigenvalue weighted by atomic mass is 16.6. The number of carbonyl (C=O) groups is 2. The predicted octanol–water partition coefficient (Wildman–Crippen LogP) is 18.1. The Hall–Kier alpha value is -2.40. The molecule has 0 aliphatic rings. The molecule has 5 heteroatoms. The van der Waals surface area contributed by atoms with Crippen LogP contribution in [-0.2, 0) is 23.8 Å². The molecule has 0 aliphatic carbocycles. The van der Waals surface area contributed by atoms with E-state index >= 15 is 0 Å². The Morgan fingerprint density at radius 1 is 0.371 bits per heavy atom. The first-order valence-electron chi connectivity index (χ1n) is 26.8. The van der Waals surface area contributed by atoms with Gasteiger partial charge in [0.2, 0.25) is 0 Å². The largest absolute Gasteiger partial charge is 0.462 e. The summed E-state index contributed by atoms with van der Waals surface area (Å²) >= 11 is 0. The Labute approximate surface area is 385 Å². The lowest BCUT2D eigenvalue weighted by molar-refractivity contribution is -0.163. The van der Waals surface area contributed by atoms with Crippen LogP contribution in [0.3, 0.4) is 0 Å². The van der Waals surface area contributed by atoms with Crippen LogP contribution in [0.1, 0.15) is 265 Å². The quantitative estimate of drug-likeness (QED) is 0.0346. The van der Waals surface area contributed by atoms with E-state index in [2.05, 4.69) is 81.5 Å². The van der Waals surface area contributed by atoms with Crippen LogP contribution in [0, 0.1) is 0 Å². The van der Waals surface area contributed by atoms with Gasteiger partial charge in [0.1, 0.15) is 6.61 Å². The molecule has 0 amide bonds. The van der Waals surface area contributed by atoms with E-state index in [-0.39, 0.29) is 25.2 Å². The third kappa shape index (κ3) is 50.2. The predicted molar refractivity (Wildman–Crippen MR) is 270 cm³/mol. The summed E-state index contributed by atoms with van der Waals surface area (Å²) in [5.41, 5.74) is 0. The Kier molecular flexibility index (Phi) is 50.9. The first-order valence-corrected chi connectivity index (χ1v) is 26.8. The molecule has 5 nitrogen and oxygen atoms in total. The highest BCUT2D eigenvalue weighted by Crippen LogP contribution is 2.15. The number of rotatable bonds is 49. The molecule has 0 fully saturated rings. The van der Waals surface area contributed by atoms with Gasteiger partial charge in [-0.05, 0) is 83.5 Å².